The van der Waals surface area contributed by atoms with Gasteiger partial charge in [-0.3, -0.25) is 4.98 Å². The number of hydrogen-bond donors (Lipinski definition) is 1. The first-order valence-corrected chi connectivity index (χ1v) is 7.80. The molecule has 1 heterocycles. The number of nitrogens with one attached hydrogen (secondary N) is 1. The normalized spacial score (nSPS) is 10.5. The van der Waals surface area contributed by atoms with Gasteiger partial charge in [0.25, 0.3) is 0 Å². The number of nitrogens with zero attached hydrogens (tertiary/aromatic N) is 2. The molecular weight excluding hydrogens is 274 g/mol. The first-order chi connectivity index (χ1) is 10.8. The van der Waals surface area contributed by atoms with E-state index in [1.54, 1.807) is 13.3 Å². The van der Waals surface area contributed by atoms with Crippen LogP contribution in [-0.4, -0.2) is 25.2 Å². The van der Waals surface area contributed by atoms with Crippen LogP contribution in [0.3, 0.4) is 0 Å². The summed E-state index contributed by atoms with van der Waals surface area (Å²) in [5, 5.41) is 3.44. The van der Waals surface area contributed by atoms with Gasteiger partial charge in [-0.2, -0.15) is 0 Å². The van der Waals surface area contributed by atoms with E-state index in [-0.39, 0.29) is 0 Å². The summed E-state index contributed by atoms with van der Waals surface area (Å²) < 4.78 is 5.56. The third kappa shape index (κ3) is 4.21. The Morgan fingerprint density at radius 3 is 2.50 bits per heavy atom. The molecule has 4 heteroatoms. The molecule has 0 radical (unpaired) electrons. The molecule has 0 fully saturated rings. The molecule has 4 nitrogen and oxygen atoms in total. The fourth-order valence-corrected chi connectivity index (χ4v) is 2.51. The second-order valence-electron chi connectivity index (χ2n) is 5.14. The molecule has 2 aromatic rings. The molecular formula is C18H25N3O. The van der Waals surface area contributed by atoms with Crippen molar-refractivity contribution in [1.29, 1.82) is 0 Å². The number of anilines is 1. The average molecular weight is 299 g/mol. The Hall–Kier alpha value is -2.07. The van der Waals surface area contributed by atoms with Crippen molar-refractivity contribution in [3.63, 3.8) is 0 Å². The summed E-state index contributed by atoms with van der Waals surface area (Å²) in [6.07, 6.45) is 3.68. The van der Waals surface area contributed by atoms with Gasteiger partial charge >= 0.3 is 0 Å². The van der Waals surface area contributed by atoms with Crippen LogP contribution in [-0.2, 0) is 13.1 Å². The number of pyridine rings is 1. The van der Waals surface area contributed by atoms with E-state index in [1.165, 1.54) is 11.1 Å². The third-order valence-corrected chi connectivity index (χ3v) is 3.73. The lowest BCUT2D eigenvalue weighted by molar-refractivity contribution is 0.413. The minimum Gasteiger partial charge on any atom is -0.495 e. The van der Waals surface area contributed by atoms with Crippen LogP contribution < -0.4 is 15.0 Å². The highest BCUT2D eigenvalue weighted by Crippen LogP contribution is 2.29. The van der Waals surface area contributed by atoms with Gasteiger partial charge in [0.05, 0.1) is 12.8 Å². The maximum Gasteiger partial charge on any atom is 0.142 e. The summed E-state index contributed by atoms with van der Waals surface area (Å²) in [5.41, 5.74) is 3.56. The van der Waals surface area contributed by atoms with Gasteiger partial charge in [0.15, 0.2) is 0 Å². The molecule has 0 unspecified atom stereocenters. The molecule has 22 heavy (non-hydrogen) atoms. The molecule has 0 bridgehead atoms. The predicted octanol–water partition coefficient (Wildman–Crippen LogP) is 3.23. The molecule has 0 aliphatic carbocycles. The van der Waals surface area contributed by atoms with Gasteiger partial charge in [0, 0.05) is 38.6 Å². The van der Waals surface area contributed by atoms with Crippen molar-refractivity contribution in [3.8, 4) is 5.75 Å². The molecule has 1 N–H and O–H groups in total. The van der Waals surface area contributed by atoms with E-state index in [0.29, 0.717) is 0 Å². The number of ether oxygens (including phenoxy) is 1. The van der Waals surface area contributed by atoms with Crippen LogP contribution in [0.1, 0.15) is 25.0 Å². The zero-order valence-electron chi connectivity index (χ0n) is 13.7. The van der Waals surface area contributed by atoms with E-state index in [1.807, 2.05) is 12.3 Å². The zero-order valence-corrected chi connectivity index (χ0v) is 13.7. The van der Waals surface area contributed by atoms with Crippen LogP contribution in [0.2, 0.25) is 0 Å². The Kier molecular flexibility index (Phi) is 6.22. The van der Waals surface area contributed by atoms with Crippen molar-refractivity contribution >= 4 is 5.69 Å². The van der Waals surface area contributed by atoms with Gasteiger partial charge in [-0.1, -0.05) is 12.1 Å². The summed E-state index contributed by atoms with van der Waals surface area (Å²) in [4.78, 5) is 6.42. The standard InChI is InChI=1S/C18H25N3O/c1-4-21(5-2)17-9-8-15(11-18(17)22-3)12-20-14-16-7-6-10-19-13-16/h6-11,13,20H,4-5,12,14H2,1-3H3. The van der Waals surface area contributed by atoms with Crippen LogP contribution in [0.5, 0.6) is 5.75 Å². The largest absolute Gasteiger partial charge is 0.495 e. The van der Waals surface area contributed by atoms with E-state index in [0.717, 1.165) is 37.6 Å². The summed E-state index contributed by atoms with van der Waals surface area (Å²) in [6.45, 7) is 7.90. The monoisotopic (exact) mass is 299 g/mol. The van der Waals surface area contributed by atoms with Crippen LogP contribution >= 0.6 is 0 Å². The van der Waals surface area contributed by atoms with Gasteiger partial charge in [-0.05, 0) is 43.2 Å². The minimum atomic E-state index is 0.809. The molecule has 0 aliphatic heterocycles. The van der Waals surface area contributed by atoms with E-state index in [2.05, 4.69) is 53.3 Å². The first kappa shape index (κ1) is 16.3. The second-order valence-corrected chi connectivity index (χ2v) is 5.14. The minimum absolute atomic E-state index is 0.809. The fraction of sp³-hybridized carbons (Fsp3) is 0.389. The Labute approximate surface area is 133 Å². The lowest BCUT2D eigenvalue weighted by Crippen LogP contribution is -2.22. The number of hydrogen-bond acceptors (Lipinski definition) is 4. The Bertz CT molecular complexity index is 568. The summed E-state index contributed by atoms with van der Waals surface area (Å²) >= 11 is 0. The molecule has 0 spiro atoms. The SMILES string of the molecule is CCN(CC)c1ccc(CNCc2cccnc2)cc1OC. The fourth-order valence-electron chi connectivity index (χ4n) is 2.51. The lowest BCUT2D eigenvalue weighted by Gasteiger charge is -2.23. The van der Waals surface area contributed by atoms with Crippen LogP contribution in [0.15, 0.2) is 42.7 Å². The molecule has 2 rings (SSSR count). The van der Waals surface area contributed by atoms with Gasteiger partial charge in [0.2, 0.25) is 0 Å². The molecule has 0 atom stereocenters. The highest BCUT2D eigenvalue weighted by Gasteiger charge is 2.09. The summed E-state index contributed by atoms with van der Waals surface area (Å²) in [5.74, 6) is 0.935. The Morgan fingerprint density at radius 2 is 1.86 bits per heavy atom. The molecule has 0 amide bonds. The predicted molar refractivity (Wildman–Crippen MR) is 91.3 cm³/mol. The van der Waals surface area contributed by atoms with Crippen molar-refractivity contribution in [2.75, 3.05) is 25.1 Å². The smallest absolute Gasteiger partial charge is 0.142 e. The van der Waals surface area contributed by atoms with Crippen LogP contribution in [0.25, 0.3) is 0 Å². The molecule has 0 saturated carbocycles. The highest BCUT2D eigenvalue weighted by atomic mass is 16.5. The first-order valence-electron chi connectivity index (χ1n) is 7.80. The van der Waals surface area contributed by atoms with Gasteiger partial charge in [-0.15, -0.1) is 0 Å². The molecule has 0 aliphatic rings. The zero-order chi connectivity index (χ0) is 15.8. The maximum atomic E-state index is 5.56. The Balaban J connectivity index is 2.00. The average Bonchev–Trinajstić information content (AvgIpc) is 2.58. The van der Waals surface area contributed by atoms with Crippen molar-refractivity contribution < 1.29 is 4.74 Å². The van der Waals surface area contributed by atoms with Gasteiger partial charge in [-0.25, -0.2) is 0 Å². The summed E-state index contributed by atoms with van der Waals surface area (Å²) in [6, 6.07) is 10.5. The third-order valence-electron chi connectivity index (χ3n) is 3.73. The number of aromatic nitrogens is 1. The van der Waals surface area contributed by atoms with Crippen LogP contribution in [0, 0.1) is 0 Å². The maximum absolute atomic E-state index is 5.56. The van der Waals surface area contributed by atoms with Crippen molar-refractivity contribution in [1.82, 2.24) is 10.3 Å². The van der Waals surface area contributed by atoms with E-state index < -0.39 is 0 Å². The number of rotatable bonds is 8. The highest BCUT2D eigenvalue weighted by molar-refractivity contribution is 5.59. The van der Waals surface area contributed by atoms with Crippen molar-refractivity contribution in [2.24, 2.45) is 0 Å². The van der Waals surface area contributed by atoms with E-state index in [9.17, 15) is 0 Å². The van der Waals surface area contributed by atoms with Crippen molar-refractivity contribution in [2.45, 2.75) is 26.9 Å². The molecule has 0 saturated heterocycles. The van der Waals surface area contributed by atoms with E-state index in [4.69, 9.17) is 4.74 Å². The summed E-state index contributed by atoms with van der Waals surface area (Å²) in [7, 11) is 1.73. The van der Waals surface area contributed by atoms with Crippen LogP contribution in [0.4, 0.5) is 5.69 Å². The quantitative estimate of drug-likeness (QED) is 0.812. The molecule has 1 aromatic heterocycles. The molecule has 118 valence electrons. The second kappa shape index (κ2) is 8.39. The number of methoxy groups -OCH3 is 1. The Morgan fingerprint density at radius 1 is 1.09 bits per heavy atom. The topological polar surface area (TPSA) is 37.4 Å². The van der Waals surface area contributed by atoms with Crippen molar-refractivity contribution in [3.05, 3.63) is 53.9 Å². The lowest BCUT2D eigenvalue weighted by atomic mass is 10.1. The van der Waals surface area contributed by atoms with Gasteiger partial charge in [0.1, 0.15) is 5.75 Å². The number of benzene rings is 1. The van der Waals surface area contributed by atoms with Gasteiger partial charge < -0.3 is 15.0 Å². The molecule has 1 aromatic carbocycles. The van der Waals surface area contributed by atoms with E-state index >= 15 is 0 Å².